The van der Waals surface area contributed by atoms with E-state index < -0.39 is 0 Å². The number of nitrogens with zero attached hydrogens (tertiary/aromatic N) is 1. The van der Waals surface area contributed by atoms with Gasteiger partial charge in [-0.1, -0.05) is 26.0 Å². The molecule has 0 bridgehead atoms. The molecule has 1 aromatic rings. The summed E-state index contributed by atoms with van der Waals surface area (Å²) in [5.41, 5.74) is 13.2. The summed E-state index contributed by atoms with van der Waals surface area (Å²) in [6.07, 6.45) is 0. The molecule has 0 atom stereocenters. The largest absolute Gasteiger partial charge is 0.387 e. The third-order valence-corrected chi connectivity index (χ3v) is 2.00. The molecule has 0 spiro atoms. The van der Waals surface area contributed by atoms with Gasteiger partial charge in [-0.3, -0.25) is 0 Å². The first-order valence-corrected chi connectivity index (χ1v) is 4.76. The second-order valence-corrected chi connectivity index (χ2v) is 3.57. The molecule has 76 valence electrons. The average Bonchev–Trinajstić information content (AvgIpc) is 2.18. The van der Waals surface area contributed by atoms with Gasteiger partial charge in [0, 0.05) is 12.5 Å². The zero-order valence-electron chi connectivity index (χ0n) is 8.70. The molecule has 0 saturated heterocycles. The lowest BCUT2D eigenvalue weighted by Crippen LogP contribution is -2.18. The third kappa shape index (κ3) is 2.85. The van der Waals surface area contributed by atoms with Crippen molar-refractivity contribution in [3.8, 4) is 0 Å². The van der Waals surface area contributed by atoms with E-state index in [4.69, 9.17) is 11.5 Å². The number of hydrogen-bond donors (Lipinski definition) is 2. The smallest absolute Gasteiger partial charge is 0.102 e. The van der Waals surface area contributed by atoms with Gasteiger partial charge in [0.05, 0.1) is 5.69 Å². The fourth-order valence-corrected chi connectivity index (χ4v) is 1.03. The van der Waals surface area contributed by atoms with Crippen molar-refractivity contribution in [3.63, 3.8) is 0 Å². The predicted molar refractivity (Wildman–Crippen MR) is 60.5 cm³/mol. The van der Waals surface area contributed by atoms with Gasteiger partial charge in [-0.25, -0.2) is 4.99 Å². The summed E-state index contributed by atoms with van der Waals surface area (Å²) in [5, 5.41) is 0. The van der Waals surface area contributed by atoms with Crippen LogP contribution >= 0.6 is 0 Å². The van der Waals surface area contributed by atoms with Crippen LogP contribution in [0.5, 0.6) is 0 Å². The monoisotopic (exact) mass is 191 g/mol. The van der Waals surface area contributed by atoms with Crippen LogP contribution in [0.3, 0.4) is 0 Å². The number of benzene rings is 1. The van der Waals surface area contributed by atoms with Gasteiger partial charge in [-0.15, -0.1) is 0 Å². The summed E-state index contributed by atoms with van der Waals surface area (Å²) in [7, 11) is 0. The van der Waals surface area contributed by atoms with Crippen LogP contribution in [0, 0.1) is 5.92 Å². The topological polar surface area (TPSA) is 64.4 Å². The Labute approximate surface area is 84.8 Å². The van der Waals surface area contributed by atoms with Crippen LogP contribution in [0.15, 0.2) is 29.3 Å². The maximum Gasteiger partial charge on any atom is 0.102 e. The van der Waals surface area contributed by atoms with Crippen molar-refractivity contribution in [1.82, 2.24) is 0 Å². The summed E-state index contributed by atoms with van der Waals surface area (Å²) < 4.78 is 0. The Morgan fingerprint density at radius 3 is 2.71 bits per heavy atom. The van der Waals surface area contributed by atoms with Crippen molar-refractivity contribution in [2.75, 3.05) is 0 Å². The molecule has 1 rings (SSSR count). The predicted octanol–water partition coefficient (Wildman–Crippen LogP) is 1.79. The molecule has 1 aromatic carbocycles. The van der Waals surface area contributed by atoms with Gasteiger partial charge in [-0.2, -0.15) is 0 Å². The average molecular weight is 191 g/mol. The molecule has 0 heterocycles. The van der Waals surface area contributed by atoms with Gasteiger partial charge in [-0.05, 0) is 17.7 Å². The maximum absolute atomic E-state index is 5.76. The van der Waals surface area contributed by atoms with E-state index in [-0.39, 0.29) is 5.92 Å². The van der Waals surface area contributed by atoms with Crippen molar-refractivity contribution in [2.24, 2.45) is 22.4 Å². The second-order valence-electron chi connectivity index (χ2n) is 3.57. The van der Waals surface area contributed by atoms with Gasteiger partial charge < -0.3 is 11.5 Å². The highest BCUT2D eigenvalue weighted by Gasteiger charge is 1.99. The molecule has 0 aliphatic carbocycles. The van der Waals surface area contributed by atoms with Crippen LogP contribution in [-0.4, -0.2) is 5.84 Å². The molecule has 0 aliphatic rings. The van der Waals surface area contributed by atoms with Crippen LogP contribution in [0.4, 0.5) is 5.69 Å². The number of nitrogens with two attached hydrogens (primary N) is 2. The Hall–Kier alpha value is -1.35. The zero-order valence-corrected chi connectivity index (χ0v) is 8.70. The summed E-state index contributed by atoms with van der Waals surface area (Å²) in [6.45, 7) is 4.57. The van der Waals surface area contributed by atoms with Crippen LogP contribution in [0.2, 0.25) is 0 Å². The van der Waals surface area contributed by atoms with Gasteiger partial charge in [0.25, 0.3) is 0 Å². The Balaban J connectivity index is 2.91. The molecule has 0 unspecified atom stereocenters. The lowest BCUT2D eigenvalue weighted by Gasteiger charge is -2.04. The van der Waals surface area contributed by atoms with E-state index in [1.165, 1.54) is 0 Å². The quantitative estimate of drug-likeness (QED) is 0.565. The van der Waals surface area contributed by atoms with E-state index in [0.717, 1.165) is 11.3 Å². The Bertz CT molecular complexity index is 329. The zero-order chi connectivity index (χ0) is 10.6. The third-order valence-electron chi connectivity index (χ3n) is 2.00. The van der Waals surface area contributed by atoms with E-state index in [2.05, 4.69) is 4.99 Å². The first kappa shape index (κ1) is 10.7. The van der Waals surface area contributed by atoms with Gasteiger partial charge in [0.15, 0.2) is 0 Å². The summed E-state index contributed by atoms with van der Waals surface area (Å²) in [6, 6.07) is 7.79. The lowest BCUT2D eigenvalue weighted by atomic mass is 10.2. The maximum atomic E-state index is 5.76. The first-order chi connectivity index (χ1) is 6.63. The molecule has 0 aromatic heterocycles. The summed E-state index contributed by atoms with van der Waals surface area (Å²) in [5.74, 6) is 0.927. The highest BCUT2D eigenvalue weighted by atomic mass is 14.9. The van der Waals surface area contributed by atoms with E-state index >= 15 is 0 Å². The van der Waals surface area contributed by atoms with Crippen molar-refractivity contribution in [3.05, 3.63) is 29.8 Å². The van der Waals surface area contributed by atoms with E-state index in [9.17, 15) is 0 Å². The normalized spacial score (nSPS) is 12.1. The SMILES string of the molecule is CC(C)C(N)=Nc1cccc(CN)c1. The van der Waals surface area contributed by atoms with Crippen molar-refractivity contribution in [1.29, 1.82) is 0 Å². The highest BCUT2D eigenvalue weighted by Crippen LogP contribution is 2.14. The van der Waals surface area contributed by atoms with E-state index in [1.54, 1.807) is 0 Å². The van der Waals surface area contributed by atoms with Crippen LogP contribution in [0.1, 0.15) is 19.4 Å². The van der Waals surface area contributed by atoms with Crippen LogP contribution in [-0.2, 0) is 6.54 Å². The molecule has 4 N–H and O–H groups in total. The molecular weight excluding hydrogens is 174 g/mol. The molecule has 3 nitrogen and oxygen atoms in total. The number of amidine groups is 1. The van der Waals surface area contributed by atoms with Gasteiger partial charge >= 0.3 is 0 Å². The van der Waals surface area contributed by atoms with Crippen molar-refractivity contribution >= 4 is 11.5 Å². The molecule has 3 heteroatoms. The van der Waals surface area contributed by atoms with Crippen LogP contribution < -0.4 is 11.5 Å². The first-order valence-electron chi connectivity index (χ1n) is 4.76. The number of hydrogen-bond acceptors (Lipinski definition) is 2. The Morgan fingerprint density at radius 2 is 2.14 bits per heavy atom. The minimum Gasteiger partial charge on any atom is -0.387 e. The minimum atomic E-state index is 0.275. The Kier molecular flexibility index (Phi) is 3.65. The van der Waals surface area contributed by atoms with E-state index in [0.29, 0.717) is 12.4 Å². The van der Waals surface area contributed by atoms with E-state index in [1.807, 2.05) is 38.1 Å². The minimum absolute atomic E-state index is 0.275. The standard InChI is InChI=1S/C11H17N3/c1-8(2)11(13)14-10-5-3-4-9(6-10)7-12/h3-6,8H,7,12H2,1-2H3,(H2,13,14). The molecular formula is C11H17N3. The fraction of sp³-hybridized carbons (Fsp3) is 0.364. The van der Waals surface area contributed by atoms with Gasteiger partial charge in [0.1, 0.15) is 5.84 Å². The molecule has 0 fully saturated rings. The molecule has 0 saturated carbocycles. The van der Waals surface area contributed by atoms with Crippen molar-refractivity contribution in [2.45, 2.75) is 20.4 Å². The summed E-state index contributed by atoms with van der Waals surface area (Å²) in [4.78, 5) is 4.31. The van der Waals surface area contributed by atoms with Crippen molar-refractivity contribution < 1.29 is 0 Å². The molecule has 14 heavy (non-hydrogen) atoms. The number of rotatable bonds is 3. The fourth-order valence-electron chi connectivity index (χ4n) is 1.03. The molecule has 0 aliphatic heterocycles. The second kappa shape index (κ2) is 4.77. The van der Waals surface area contributed by atoms with Gasteiger partial charge in [0.2, 0.25) is 0 Å². The lowest BCUT2D eigenvalue weighted by molar-refractivity contribution is 0.873. The molecule has 0 amide bonds. The Morgan fingerprint density at radius 1 is 1.43 bits per heavy atom. The summed E-state index contributed by atoms with van der Waals surface area (Å²) >= 11 is 0. The highest BCUT2D eigenvalue weighted by molar-refractivity contribution is 5.84. The number of aliphatic imine (C=N–C) groups is 1. The van der Waals surface area contributed by atoms with Crippen LogP contribution in [0.25, 0.3) is 0 Å². The molecule has 0 radical (unpaired) electrons.